The minimum absolute atomic E-state index is 0.116. The summed E-state index contributed by atoms with van der Waals surface area (Å²) in [6, 6.07) is 0. The molecular formula is C17H33NO. The molecule has 112 valence electrons. The second-order valence-electron chi connectivity index (χ2n) is 7.16. The van der Waals surface area contributed by atoms with E-state index >= 15 is 0 Å². The van der Waals surface area contributed by atoms with E-state index in [0.717, 1.165) is 37.3 Å². The van der Waals surface area contributed by atoms with E-state index in [1.54, 1.807) is 0 Å². The molecule has 19 heavy (non-hydrogen) atoms. The Kier molecular flexibility index (Phi) is 6.66. The molecular weight excluding hydrogens is 234 g/mol. The van der Waals surface area contributed by atoms with Gasteiger partial charge in [0.15, 0.2) is 0 Å². The van der Waals surface area contributed by atoms with E-state index in [1.165, 1.54) is 57.8 Å². The second-order valence-corrected chi connectivity index (χ2v) is 7.16. The van der Waals surface area contributed by atoms with Gasteiger partial charge in [0.2, 0.25) is 0 Å². The molecule has 2 nitrogen and oxygen atoms in total. The second kappa shape index (κ2) is 8.26. The van der Waals surface area contributed by atoms with Crippen molar-refractivity contribution in [2.45, 2.75) is 77.2 Å². The van der Waals surface area contributed by atoms with Crippen LogP contribution in [0.3, 0.4) is 0 Å². The monoisotopic (exact) mass is 267 g/mol. The molecule has 0 aliphatic heterocycles. The van der Waals surface area contributed by atoms with Crippen LogP contribution in [0.4, 0.5) is 0 Å². The van der Waals surface area contributed by atoms with Gasteiger partial charge in [0.05, 0.1) is 6.10 Å². The molecule has 0 bridgehead atoms. The number of aliphatic hydroxyl groups is 1. The smallest absolute Gasteiger partial charge is 0.0667 e. The van der Waals surface area contributed by atoms with E-state index < -0.39 is 0 Å². The van der Waals surface area contributed by atoms with Gasteiger partial charge < -0.3 is 10.4 Å². The maximum absolute atomic E-state index is 10.0. The molecule has 0 spiro atoms. The van der Waals surface area contributed by atoms with Crippen molar-refractivity contribution in [2.24, 2.45) is 17.8 Å². The fraction of sp³-hybridized carbons (Fsp3) is 1.00. The molecule has 0 aromatic rings. The molecule has 2 saturated carbocycles. The van der Waals surface area contributed by atoms with Gasteiger partial charge in [-0.1, -0.05) is 58.3 Å². The van der Waals surface area contributed by atoms with Crippen LogP contribution in [0.1, 0.15) is 71.1 Å². The average molecular weight is 267 g/mol. The minimum Gasteiger partial charge on any atom is -0.392 e. The normalized spacial score (nSPS) is 30.6. The number of rotatable bonds is 7. The first-order valence-electron chi connectivity index (χ1n) is 8.63. The van der Waals surface area contributed by atoms with Gasteiger partial charge in [0.25, 0.3) is 0 Å². The Bertz CT molecular complexity index is 229. The predicted molar refractivity (Wildman–Crippen MR) is 81.2 cm³/mol. The molecule has 2 aliphatic rings. The number of hydrogen-bond acceptors (Lipinski definition) is 2. The summed E-state index contributed by atoms with van der Waals surface area (Å²) in [4.78, 5) is 0. The lowest BCUT2D eigenvalue weighted by Crippen LogP contribution is -2.30. The molecule has 0 radical (unpaired) electrons. The molecule has 2 N–H and O–H groups in total. The number of nitrogens with one attached hydrogen (secondary N) is 1. The van der Waals surface area contributed by atoms with Crippen LogP contribution in [0.2, 0.25) is 0 Å². The first-order valence-corrected chi connectivity index (χ1v) is 8.63. The molecule has 1 unspecified atom stereocenters. The van der Waals surface area contributed by atoms with Crippen LogP contribution in [0, 0.1) is 17.8 Å². The van der Waals surface area contributed by atoms with E-state index in [1.807, 2.05) is 0 Å². The summed E-state index contributed by atoms with van der Waals surface area (Å²) in [6.07, 6.45) is 13.4. The summed E-state index contributed by atoms with van der Waals surface area (Å²) >= 11 is 0. The van der Waals surface area contributed by atoms with Gasteiger partial charge in [0.1, 0.15) is 0 Å². The highest BCUT2D eigenvalue weighted by Crippen LogP contribution is 2.30. The zero-order chi connectivity index (χ0) is 13.5. The average Bonchev–Trinajstić information content (AvgIpc) is 2.89. The van der Waals surface area contributed by atoms with Crippen LogP contribution < -0.4 is 5.32 Å². The topological polar surface area (TPSA) is 32.3 Å². The Morgan fingerprint density at radius 1 is 1.00 bits per heavy atom. The van der Waals surface area contributed by atoms with Crippen molar-refractivity contribution in [3.8, 4) is 0 Å². The Morgan fingerprint density at radius 2 is 1.68 bits per heavy atom. The van der Waals surface area contributed by atoms with E-state index in [-0.39, 0.29) is 6.10 Å². The molecule has 0 amide bonds. The van der Waals surface area contributed by atoms with Crippen LogP contribution in [-0.4, -0.2) is 24.3 Å². The van der Waals surface area contributed by atoms with Crippen LogP contribution in [-0.2, 0) is 0 Å². The maximum atomic E-state index is 10.0. The predicted octanol–water partition coefficient (Wildman–Crippen LogP) is 3.73. The van der Waals surface area contributed by atoms with Gasteiger partial charge in [-0.05, 0) is 37.1 Å². The third kappa shape index (κ3) is 5.83. The van der Waals surface area contributed by atoms with E-state index in [0.29, 0.717) is 0 Å². The van der Waals surface area contributed by atoms with E-state index in [4.69, 9.17) is 0 Å². The maximum Gasteiger partial charge on any atom is 0.0667 e. The fourth-order valence-corrected chi connectivity index (χ4v) is 3.91. The molecule has 2 rings (SSSR count). The van der Waals surface area contributed by atoms with Crippen molar-refractivity contribution in [3.63, 3.8) is 0 Å². The molecule has 0 saturated heterocycles. The third-order valence-corrected chi connectivity index (χ3v) is 5.32. The lowest BCUT2D eigenvalue weighted by Gasteiger charge is -2.26. The standard InChI is InChI=1S/C17H33NO/c1-14-6-8-15(9-7-14)10-11-18-13-17(19)12-16-4-2-3-5-16/h14-19H,2-13H2,1H3. The molecule has 2 heteroatoms. The lowest BCUT2D eigenvalue weighted by atomic mass is 9.81. The largest absolute Gasteiger partial charge is 0.392 e. The minimum atomic E-state index is -0.116. The van der Waals surface area contributed by atoms with Crippen molar-refractivity contribution in [1.82, 2.24) is 5.32 Å². The van der Waals surface area contributed by atoms with Crippen LogP contribution >= 0.6 is 0 Å². The highest BCUT2D eigenvalue weighted by Gasteiger charge is 2.19. The third-order valence-electron chi connectivity index (χ3n) is 5.32. The fourth-order valence-electron chi connectivity index (χ4n) is 3.91. The van der Waals surface area contributed by atoms with Gasteiger partial charge in [-0.2, -0.15) is 0 Å². The van der Waals surface area contributed by atoms with Crippen molar-refractivity contribution < 1.29 is 5.11 Å². The van der Waals surface area contributed by atoms with Crippen molar-refractivity contribution in [3.05, 3.63) is 0 Å². The molecule has 2 aliphatic carbocycles. The van der Waals surface area contributed by atoms with Crippen LogP contribution in [0.5, 0.6) is 0 Å². The quantitative estimate of drug-likeness (QED) is 0.689. The summed E-state index contributed by atoms with van der Waals surface area (Å²) in [6.45, 7) is 4.29. The van der Waals surface area contributed by atoms with Gasteiger partial charge >= 0.3 is 0 Å². The highest BCUT2D eigenvalue weighted by molar-refractivity contribution is 4.74. The molecule has 2 fully saturated rings. The summed E-state index contributed by atoms with van der Waals surface area (Å²) in [7, 11) is 0. The summed E-state index contributed by atoms with van der Waals surface area (Å²) in [5.74, 6) is 2.70. The zero-order valence-corrected chi connectivity index (χ0v) is 12.7. The highest BCUT2D eigenvalue weighted by atomic mass is 16.3. The molecule has 0 aromatic heterocycles. The van der Waals surface area contributed by atoms with Crippen LogP contribution in [0.15, 0.2) is 0 Å². The van der Waals surface area contributed by atoms with Crippen molar-refractivity contribution >= 4 is 0 Å². The van der Waals surface area contributed by atoms with Crippen molar-refractivity contribution in [1.29, 1.82) is 0 Å². The van der Waals surface area contributed by atoms with E-state index in [9.17, 15) is 5.11 Å². The lowest BCUT2D eigenvalue weighted by molar-refractivity contribution is 0.139. The van der Waals surface area contributed by atoms with Gasteiger partial charge in [-0.3, -0.25) is 0 Å². The Balaban J connectivity index is 1.47. The summed E-state index contributed by atoms with van der Waals surface area (Å²) in [5, 5.41) is 13.5. The molecule has 1 atom stereocenters. The first-order chi connectivity index (χ1) is 9.24. The van der Waals surface area contributed by atoms with Gasteiger partial charge in [-0.25, -0.2) is 0 Å². The number of aliphatic hydroxyl groups excluding tert-OH is 1. The van der Waals surface area contributed by atoms with Crippen LogP contribution in [0.25, 0.3) is 0 Å². The van der Waals surface area contributed by atoms with Gasteiger partial charge in [0, 0.05) is 6.54 Å². The zero-order valence-electron chi connectivity index (χ0n) is 12.7. The number of hydrogen-bond donors (Lipinski definition) is 2. The Labute approximate surface area is 119 Å². The summed E-state index contributed by atoms with van der Waals surface area (Å²) in [5.41, 5.74) is 0. The molecule has 0 heterocycles. The Hall–Kier alpha value is -0.0800. The molecule has 0 aromatic carbocycles. The van der Waals surface area contributed by atoms with E-state index in [2.05, 4.69) is 12.2 Å². The SMILES string of the molecule is CC1CCC(CCNCC(O)CC2CCCC2)CC1. The van der Waals surface area contributed by atoms with Gasteiger partial charge in [-0.15, -0.1) is 0 Å². The summed E-state index contributed by atoms with van der Waals surface area (Å²) < 4.78 is 0. The van der Waals surface area contributed by atoms with Crippen molar-refractivity contribution in [2.75, 3.05) is 13.1 Å². The first kappa shape index (κ1) is 15.3. The Morgan fingerprint density at radius 3 is 2.37 bits per heavy atom.